The van der Waals surface area contributed by atoms with Crippen molar-refractivity contribution in [3.63, 3.8) is 0 Å². The van der Waals surface area contributed by atoms with E-state index in [-0.39, 0.29) is 24.9 Å². The van der Waals surface area contributed by atoms with E-state index in [9.17, 15) is 9.59 Å². The number of ether oxygens (including phenoxy) is 1. The minimum Gasteiger partial charge on any atom is -0.459 e. The first-order chi connectivity index (χ1) is 12.6. The first-order valence-corrected chi connectivity index (χ1v) is 9.58. The minimum absolute atomic E-state index is 0.111. The maximum Gasteiger partial charge on any atom is 0.306 e. The van der Waals surface area contributed by atoms with Gasteiger partial charge in [-0.2, -0.15) is 0 Å². The number of benzene rings is 1. The molecule has 5 nitrogen and oxygen atoms in total. The fourth-order valence-corrected chi connectivity index (χ4v) is 3.55. The van der Waals surface area contributed by atoms with Crippen LogP contribution in [0.25, 0.3) is 0 Å². The van der Waals surface area contributed by atoms with Crippen LogP contribution in [0.5, 0.6) is 0 Å². The zero-order valence-corrected chi connectivity index (χ0v) is 15.6. The molecule has 0 bridgehead atoms. The Hall–Kier alpha value is -2.47. The van der Waals surface area contributed by atoms with Crippen molar-refractivity contribution in [2.24, 2.45) is 5.92 Å². The van der Waals surface area contributed by atoms with Crippen LogP contribution in [-0.2, 0) is 27.4 Å². The van der Waals surface area contributed by atoms with E-state index in [1.807, 2.05) is 36.6 Å². The number of amides is 1. The second-order valence-electron chi connectivity index (χ2n) is 6.45. The third kappa shape index (κ3) is 5.52. The summed E-state index contributed by atoms with van der Waals surface area (Å²) in [6.07, 6.45) is 6.87. The molecular weight excluding hydrogens is 348 g/mol. The topological polar surface area (TPSA) is 68.3 Å². The minimum atomic E-state index is -0.201. The first kappa shape index (κ1) is 18.3. The van der Waals surface area contributed by atoms with Crippen molar-refractivity contribution in [1.82, 2.24) is 4.98 Å². The maximum absolute atomic E-state index is 12.1. The highest BCUT2D eigenvalue weighted by molar-refractivity contribution is 7.09. The molecule has 1 aliphatic rings. The van der Waals surface area contributed by atoms with Crippen LogP contribution in [0.1, 0.15) is 35.5 Å². The average Bonchev–Trinajstić information content (AvgIpc) is 3.27. The van der Waals surface area contributed by atoms with Crippen LogP contribution >= 0.6 is 11.3 Å². The van der Waals surface area contributed by atoms with Gasteiger partial charge in [0.1, 0.15) is 11.6 Å². The molecule has 3 rings (SSSR count). The Kier molecular flexibility index (Phi) is 6.17. The standard InChI is InChI=1S/C20H22N2O3S/c1-14-6-8-16(9-7-14)21-18(23)11-19-22-17(13-26-19)12-25-20(24)10-15-4-2-3-5-15/h2,4,6-9,13,15H,3,5,10-12H2,1H3,(H,21,23)/t15-/m1/s1. The van der Waals surface area contributed by atoms with E-state index in [2.05, 4.69) is 22.5 Å². The smallest absolute Gasteiger partial charge is 0.306 e. The number of hydrogen-bond acceptors (Lipinski definition) is 5. The monoisotopic (exact) mass is 370 g/mol. The van der Waals surface area contributed by atoms with Gasteiger partial charge in [-0.1, -0.05) is 29.8 Å². The van der Waals surface area contributed by atoms with Crippen molar-refractivity contribution in [3.05, 3.63) is 58.1 Å². The zero-order chi connectivity index (χ0) is 18.4. The molecule has 0 saturated carbocycles. The van der Waals surface area contributed by atoms with Gasteiger partial charge >= 0.3 is 5.97 Å². The Morgan fingerprint density at radius 1 is 1.31 bits per heavy atom. The molecule has 0 radical (unpaired) electrons. The van der Waals surface area contributed by atoms with Gasteiger partial charge in [-0.25, -0.2) is 4.98 Å². The summed E-state index contributed by atoms with van der Waals surface area (Å²) in [6.45, 7) is 2.16. The highest BCUT2D eigenvalue weighted by atomic mass is 32.1. The van der Waals surface area contributed by atoms with Gasteiger partial charge in [0, 0.05) is 11.1 Å². The molecule has 1 aromatic carbocycles. The van der Waals surface area contributed by atoms with Gasteiger partial charge in [-0.15, -0.1) is 11.3 Å². The Labute approximate surface area is 157 Å². The summed E-state index contributed by atoms with van der Waals surface area (Å²) in [4.78, 5) is 28.3. The largest absolute Gasteiger partial charge is 0.459 e. The molecule has 6 heteroatoms. The number of esters is 1. The molecule has 0 fully saturated rings. The van der Waals surface area contributed by atoms with Gasteiger partial charge in [0.15, 0.2) is 0 Å². The lowest BCUT2D eigenvalue weighted by molar-refractivity contribution is -0.145. The number of thiazole rings is 1. The summed E-state index contributed by atoms with van der Waals surface area (Å²) in [5, 5.41) is 5.39. The molecule has 0 spiro atoms. The van der Waals surface area contributed by atoms with Gasteiger partial charge in [-0.05, 0) is 37.8 Å². The second-order valence-corrected chi connectivity index (χ2v) is 7.40. The lowest BCUT2D eigenvalue weighted by atomic mass is 10.1. The fourth-order valence-electron chi connectivity index (χ4n) is 2.77. The van der Waals surface area contributed by atoms with Gasteiger partial charge in [0.2, 0.25) is 5.91 Å². The van der Waals surface area contributed by atoms with Crippen molar-refractivity contribution in [1.29, 1.82) is 0 Å². The first-order valence-electron chi connectivity index (χ1n) is 8.70. The van der Waals surface area contributed by atoms with Crippen LogP contribution in [0.3, 0.4) is 0 Å². The molecule has 0 unspecified atom stereocenters. The van der Waals surface area contributed by atoms with Crippen LogP contribution in [0.15, 0.2) is 41.8 Å². The molecule has 26 heavy (non-hydrogen) atoms. The lowest BCUT2D eigenvalue weighted by Crippen LogP contribution is -2.14. The quantitative estimate of drug-likeness (QED) is 0.590. The summed E-state index contributed by atoms with van der Waals surface area (Å²) in [5.74, 6) is -0.00746. The number of carbonyl (C=O) groups excluding carboxylic acids is 2. The van der Waals surface area contributed by atoms with Gasteiger partial charge in [0.05, 0.1) is 18.5 Å². The van der Waals surface area contributed by atoms with Crippen molar-refractivity contribution >= 4 is 28.9 Å². The molecule has 0 saturated heterocycles. The molecule has 1 atom stereocenters. The van der Waals surface area contributed by atoms with Gasteiger partial charge < -0.3 is 10.1 Å². The van der Waals surface area contributed by atoms with E-state index >= 15 is 0 Å². The Morgan fingerprint density at radius 3 is 2.85 bits per heavy atom. The number of nitrogens with zero attached hydrogens (tertiary/aromatic N) is 1. The predicted octanol–water partition coefficient (Wildman–Crippen LogP) is 4.03. The molecule has 1 N–H and O–H groups in total. The van der Waals surface area contributed by atoms with Crippen LogP contribution < -0.4 is 5.32 Å². The zero-order valence-electron chi connectivity index (χ0n) is 14.7. The summed E-state index contributed by atoms with van der Waals surface area (Å²) in [7, 11) is 0. The predicted molar refractivity (Wildman–Crippen MR) is 102 cm³/mol. The van der Waals surface area contributed by atoms with Crippen LogP contribution in [-0.4, -0.2) is 16.9 Å². The number of carbonyl (C=O) groups is 2. The van der Waals surface area contributed by atoms with E-state index < -0.39 is 0 Å². The molecule has 1 heterocycles. The molecule has 1 aromatic heterocycles. The molecule has 0 aliphatic heterocycles. The summed E-state index contributed by atoms with van der Waals surface area (Å²) in [6, 6.07) is 7.65. The van der Waals surface area contributed by atoms with E-state index in [0.29, 0.717) is 23.0 Å². The highest BCUT2D eigenvalue weighted by Gasteiger charge is 2.15. The summed E-state index contributed by atoms with van der Waals surface area (Å²) < 4.78 is 5.29. The van der Waals surface area contributed by atoms with Crippen LogP contribution in [0.4, 0.5) is 5.69 Å². The van der Waals surface area contributed by atoms with Crippen molar-refractivity contribution in [2.75, 3.05) is 5.32 Å². The summed E-state index contributed by atoms with van der Waals surface area (Å²) >= 11 is 1.40. The van der Waals surface area contributed by atoms with E-state index in [1.165, 1.54) is 11.3 Å². The molecule has 1 aliphatic carbocycles. The SMILES string of the molecule is Cc1ccc(NC(=O)Cc2nc(COC(=O)C[C@@H]3C=CCC3)cs2)cc1. The molecule has 1 amide bonds. The number of anilines is 1. The average molecular weight is 370 g/mol. The lowest BCUT2D eigenvalue weighted by Gasteiger charge is -2.07. The molecule has 2 aromatic rings. The number of aryl methyl sites for hydroxylation is 1. The highest BCUT2D eigenvalue weighted by Crippen LogP contribution is 2.21. The van der Waals surface area contributed by atoms with Crippen molar-refractivity contribution in [3.8, 4) is 0 Å². The van der Waals surface area contributed by atoms with E-state index in [4.69, 9.17) is 4.74 Å². The molecule has 136 valence electrons. The number of nitrogens with one attached hydrogen (secondary N) is 1. The third-order valence-corrected chi connectivity index (χ3v) is 5.07. The van der Waals surface area contributed by atoms with E-state index in [1.54, 1.807) is 0 Å². The number of aromatic nitrogens is 1. The van der Waals surface area contributed by atoms with Crippen molar-refractivity contribution < 1.29 is 14.3 Å². The third-order valence-electron chi connectivity index (χ3n) is 4.17. The second kappa shape index (κ2) is 8.76. The maximum atomic E-state index is 12.1. The normalized spacial score (nSPS) is 15.8. The van der Waals surface area contributed by atoms with Crippen LogP contribution in [0.2, 0.25) is 0 Å². The fraction of sp³-hybridized carbons (Fsp3) is 0.350. The number of allylic oxidation sites excluding steroid dienone is 2. The van der Waals surface area contributed by atoms with Gasteiger partial charge in [0.25, 0.3) is 0 Å². The Balaban J connectivity index is 1.43. The molecular formula is C20H22N2O3S. The Bertz CT molecular complexity index is 796. The van der Waals surface area contributed by atoms with Gasteiger partial charge in [-0.3, -0.25) is 9.59 Å². The summed E-state index contributed by atoms with van der Waals surface area (Å²) in [5.41, 5.74) is 2.60. The van der Waals surface area contributed by atoms with E-state index in [0.717, 1.165) is 24.1 Å². The van der Waals surface area contributed by atoms with Crippen LogP contribution in [0, 0.1) is 12.8 Å². The number of rotatable bonds is 7. The van der Waals surface area contributed by atoms with Crippen molar-refractivity contribution in [2.45, 2.75) is 39.2 Å². The number of hydrogen-bond donors (Lipinski definition) is 1. The Morgan fingerprint density at radius 2 is 2.12 bits per heavy atom.